The number of rotatable bonds is 6. The molecule has 0 amide bonds. The van der Waals surface area contributed by atoms with Crippen LogP contribution >= 0.6 is 0 Å². The van der Waals surface area contributed by atoms with Crippen molar-refractivity contribution in [1.29, 1.82) is 0 Å². The summed E-state index contributed by atoms with van der Waals surface area (Å²) in [4.78, 5) is 2.23. The molecule has 0 radical (unpaired) electrons. The first-order valence-corrected chi connectivity index (χ1v) is 9.49. The standard InChI is InChI=1S/C16H23NO4S/c1-13-5-4-9-17(11-13)15-6-2-3-7-16(15)21-22(18,19)10-8-14-12-20-14/h2-3,6-7,13-14H,4-5,8-12H2,1H3. The highest BCUT2D eigenvalue weighted by Crippen LogP contribution is 2.32. The van der Waals surface area contributed by atoms with Crippen LogP contribution in [0.2, 0.25) is 0 Å². The number of piperidine rings is 1. The molecule has 2 fully saturated rings. The Balaban J connectivity index is 1.72. The first-order chi connectivity index (χ1) is 10.5. The van der Waals surface area contributed by atoms with E-state index in [0.29, 0.717) is 24.7 Å². The van der Waals surface area contributed by atoms with Gasteiger partial charge in [0.15, 0.2) is 5.75 Å². The topological polar surface area (TPSA) is 59.1 Å². The molecule has 0 saturated carbocycles. The Morgan fingerprint density at radius 2 is 2.14 bits per heavy atom. The highest BCUT2D eigenvalue weighted by atomic mass is 32.2. The molecule has 6 heteroatoms. The van der Waals surface area contributed by atoms with Gasteiger partial charge in [-0.3, -0.25) is 0 Å². The number of epoxide rings is 1. The quantitative estimate of drug-likeness (QED) is 0.594. The Morgan fingerprint density at radius 3 is 2.86 bits per heavy atom. The van der Waals surface area contributed by atoms with E-state index in [1.165, 1.54) is 6.42 Å². The van der Waals surface area contributed by atoms with E-state index < -0.39 is 10.1 Å². The van der Waals surface area contributed by atoms with Gasteiger partial charge in [-0.15, -0.1) is 0 Å². The van der Waals surface area contributed by atoms with Crippen LogP contribution in [0.3, 0.4) is 0 Å². The second-order valence-corrected chi connectivity index (χ2v) is 7.94. The van der Waals surface area contributed by atoms with Crippen molar-refractivity contribution in [3.05, 3.63) is 24.3 Å². The molecule has 2 aliphatic rings. The zero-order valence-corrected chi connectivity index (χ0v) is 13.7. The molecule has 0 bridgehead atoms. The van der Waals surface area contributed by atoms with Crippen molar-refractivity contribution in [3.63, 3.8) is 0 Å². The Morgan fingerprint density at radius 1 is 1.36 bits per heavy atom. The Labute approximate surface area is 132 Å². The second kappa shape index (κ2) is 6.46. The number of nitrogens with zero attached hydrogens (tertiary/aromatic N) is 1. The van der Waals surface area contributed by atoms with Gasteiger partial charge < -0.3 is 13.8 Å². The number of benzene rings is 1. The summed E-state index contributed by atoms with van der Waals surface area (Å²) < 4.78 is 34.7. The van der Waals surface area contributed by atoms with Crippen LogP contribution in [0.5, 0.6) is 5.75 Å². The van der Waals surface area contributed by atoms with E-state index in [1.807, 2.05) is 18.2 Å². The maximum Gasteiger partial charge on any atom is 0.309 e. The first kappa shape index (κ1) is 15.6. The Bertz CT molecular complexity index is 612. The van der Waals surface area contributed by atoms with Gasteiger partial charge in [0.2, 0.25) is 0 Å². The van der Waals surface area contributed by atoms with Gasteiger partial charge in [-0.05, 0) is 37.3 Å². The molecule has 0 spiro atoms. The number of hydrogen-bond donors (Lipinski definition) is 0. The van der Waals surface area contributed by atoms with Crippen LogP contribution in [0, 0.1) is 5.92 Å². The molecule has 1 aromatic carbocycles. The molecule has 2 saturated heterocycles. The molecular weight excluding hydrogens is 302 g/mol. The van der Waals surface area contributed by atoms with Crippen LogP contribution in [-0.4, -0.2) is 40.0 Å². The van der Waals surface area contributed by atoms with Gasteiger partial charge in [0.25, 0.3) is 0 Å². The Kier molecular flexibility index (Phi) is 4.59. The molecule has 2 heterocycles. The Hall–Kier alpha value is -1.27. The van der Waals surface area contributed by atoms with Crippen LogP contribution < -0.4 is 9.08 Å². The third kappa shape index (κ3) is 4.14. The summed E-state index contributed by atoms with van der Waals surface area (Å²) in [5.41, 5.74) is 0.875. The molecule has 2 atom stereocenters. The average molecular weight is 325 g/mol. The molecule has 5 nitrogen and oxygen atoms in total. The minimum atomic E-state index is -3.57. The zero-order chi connectivity index (χ0) is 15.6. The van der Waals surface area contributed by atoms with Crippen molar-refractivity contribution < 1.29 is 17.3 Å². The summed E-state index contributed by atoms with van der Waals surface area (Å²) >= 11 is 0. The summed E-state index contributed by atoms with van der Waals surface area (Å²) in [5.74, 6) is 1.06. The normalized spacial score (nSPS) is 25.0. The van der Waals surface area contributed by atoms with Crippen LogP contribution in [0.25, 0.3) is 0 Å². The molecule has 122 valence electrons. The van der Waals surface area contributed by atoms with E-state index in [-0.39, 0.29) is 11.9 Å². The predicted octanol–water partition coefficient (Wildman–Crippen LogP) is 2.42. The maximum atomic E-state index is 12.1. The predicted molar refractivity (Wildman–Crippen MR) is 85.8 cm³/mol. The molecule has 2 unspecified atom stereocenters. The summed E-state index contributed by atoms with van der Waals surface area (Å²) in [6.45, 7) is 4.77. The maximum absolute atomic E-state index is 12.1. The zero-order valence-electron chi connectivity index (χ0n) is 12.9. The second-order valence-electron chi connectivity index (χ2n) is 6.25. The summed E-state index contributed by atoms with van der Waals surface area (Å²) in [5, 5.41) is 0. The van der Waals surface area contributed by atoms with Crippen molar-refractivity contribution in [2.24, 2.45) is 5.92 Å². The molecule has 2 aliphatic heterocycles. The van der Waals surface area contributed by atoms with Crippen molar-refractivity contribution in [3.8, 4) is 5.75 Å². The molecule has 22 heavy (non-hydrogen) atoms. The minimum Gasteiger partial charge on any atom is -0.380 e. The fourth-order valence-electron chi connectivity index (χ4n) is 2.89. The number of ether oxygens (including phenoxy) is 1. The van der Waals surface area contributed by atoms with E-state index >= 15 is 0 Å². The van der Waals surface area contributed by atoms with Crippen LogP contribution in [0.1, 0.15) is 26.2 Å². The first-order valence-electron chi connectivity index (χ1n) is 7.91. The van der Waals surface area contributed by atoms with Gasteiger partial charge >= 0.3 is 10.1 Å². The smallest absolute Gasteiger partial charge is 0.309 e. The minimum absolute atomic E-state index is 0.00238. The van der Waals surface area contributed by atoms with E-state index in [4.69, 9.17) is 8.92 Å². The van der Waals surface area contributed by atoms with E-state index in [2.05, 4.69) is 11.8 Å². The van der Waals surface area contributed by atoms with Gasteiger partial charge in [-0.2, -0.15) is 8.42 Å². The van der Waals surface area contributed by atoms with Gasteiger partial charge in [0.05, 0.1) is 24.2 Å². The molecular formula is C16H23NO4S. The fourth-order valence-corrected chi connectivity index (χ4v) is 3.94. The lowest BCUT2D eigenvalue weighted by Gasteiger charge is -2.33. The SMILES string of the molecule is CC1CCCN(c2ccccc2OS(=O)(=O)CCC2CO2)C1. The monoisotopic (exact) mass is 325 g/mol. The van der Waals surface area contributed by atoms with Crippen LogP contribution in [-0.2, 0) is 14.9 Å². The van der Waals surface area contributed by atoms with E-state index in [0.717, 1.165) is 25.2 Å². The van der Waals surface area contributed by atoms with Crippen LogP contribution in [0.4, 0.5) is 5.69 Å². The average Bonchev–Trinajstić information content (AvgIpc) is 3.30. The fraction of sp³-hybridized carbons (Fsp3) is 0.625. The van der Waals surface area contributed by atoms with Gasteiger partial charge in [0.1, 0.15) is 0 Å². The van der Waals surface area contributed by atoms with E-state index in [9.17, 15) is 8.42 Å². The molecule has 0 aromatic heterocycles. The summed E-state index contributed by atoms with van der Waals surface area (Å²) in [6.07, 6.45) is 2.95. The lowest BCUT2D eigenvalue weighted by molar-refractivity contribution is 0.399. The van der Waals surface area contributed by atoms with E-state index in [1.54, 1.807) is 6.07 Å². The van der Waals surface area contributed by atoms with Gasteiger partial charge in [-0.25, -0.2) is 0 Å². The number of hydrogen-bond acceptors (Lipinski definition) is 5. The molecule has 1 aromatic rings. The lowest BCUT2D eigenvalue weighted by atomic mass is 10.00. The third-order valence-corrected chi connectivity index (χ3v) is 5.34. The lowest BCUT2D eigenvalue weighted by Crippen LogP contribution is -2.34. The molecule has 0 N–H and O–H groups in total. The van der Waals surface area contributed by atoms with Gasteiger partial charge in [0, 0.05) is 13.1 Å². The van der Waals surface area contributed by atoms with Gasteiger partial charge in [-0.1, -0.05) is 19.1 Å². The van der Waals surface area contributed by atoms with Crippen LogP contribution in [0.15, 0.2) is 24.3 Å². The van der Waals surface area contributed by atoms with Crippen molar-refractivity contribution in [2.45, 2.75) is 32.3 Å². The highest BCUT2D eigenvalue weighted by molar-refractivity contribution is 7.87. The third-order valence-electron chi connectivity index (χ3n) is 4.17. The van der Waals surface area contributed by atoms with Crippen molar-refractivity contribution in [2.75, 3.05) is 30.3 Å². The largest absolute Gasteiger partial charge is 0.380 e. The summed E-state index contributed by atoms with van der Waals surface area (Å²) in [6, 6.07) is 7.41. The van der Waals surface area contributed by atoms with Crippen molar-refractivity contribution in [1.82, 2.24) is 0 Å². The van der Waals surface area contributed by atoms with Crippen molar-refractivity contribution >= 4 is 15.8 Å². The highest BCUT2D eigenvalue weighted by Gasteiger charge is 2.27. The summed E-state index contributed by atoms with van der Waals surface area (Å²) in [7, 11) is -3.57. The molecule has 0 aliphatic carbocycles. The molecule has 3 rings (SSSR count). The number of para-hydroxylation sites is 2. The number of anilines is 1.